The van der Waals surface area contributed by atoms with Crippen LogP contribution in [0.15, 0.2) is 18.2 Å². The van der Waals surface area contributed by atoms with E-state index in [0.717, 1.165) is 0 Å². The number of rotatable bonds is 5. The molecule has 0 unspecified atom stereocenters. The second-order valence-corrected chi connectivity index (χ2v) is 7.75. The molecular weight excluding hydrogens is 278 g/mol. The van der Waals surface area contributed by atoms with Gasteiger partial charge in [-0.2, -0.15) is 0 Å². The Morgan fingerprint density at radius 3 is 2.35 bits per heavy atom. The highest BCUT2D eigenvalue weighted by Gasteiger charge is 2.23. The lowest BCUT2D eigenvalue weighted by Crippen LogP contribution is -2.20. The second-order valence-electron chi connectivity index (χ2n) is 5.19. The smallest absolute Gasteiger partial charge is 0.340 e. The summed E-state index contributed by atoms with van der Waals surface area (Å²) in [5.41, 5.74) is 6.55. The van der Waals surface area contributed by atoms with Crippen molar-refractivity contribution in [3.05, 3.63) is 29.3 Å². The van der Waals surface area contributed by atoms with Crippen molar-refractivity contribution < 1.29 is 17.9 Å². The van der Waals surface area contributed by atoms with Crippen LogP contribution in [0.1, 0.15) is 43.6 Å². The summed E-state index contributed by atoms with van der Waals surface area (Å²) in [6.07, 6.45) is -0.295. The molecule has 2 N–H and O–H groups in total. The minimum absolute atomic E-state index is 0.144. The second kappa shape index (κ2) is 6.26. The van der Waals surface area contributed by atoms with E-state index in [9.17, 15) is 13.2 Å². The van der Waals surface area contributed by atoms with Gasteiger partial charge < -0.3 is 10.5 Å². The third kappa shape index (κ3) is 3.96. The van der Waals surface area contributed by atoms with E-state index >= 15 is 0 Å². The van der Waals surface area contributed by atoms with Crippen molar-refractivity contribution in [2.24, 2.45) is 0 Å². The highest BCUT2D eigenvalue weighted by Crippen LogP contribution is 2.22. The highest BCUT2D eigenvalue weighted by atomic mass is 32.2. The van der Waals surface area contributed by atoms with Crippen molar-refractivity contribution in [1.29, 1.82) is 0 Å². The van der Waals surface area contributed by atoms with E-state index < -0.39 is 21.1 Å². The average Bonchev–Trinajstić information content (AvgIpc) is 2.26. The van der Waals surface area contributed by atoms with Gasteiger partial charge in [0, 0.05) is 5.69 Å². The molecule has 6 heteroatoms. The summed E-state index contributed by atoms with van der Waals surface area (Å²) >= 11 is 0. The molecule has 20 heavy (non-hydrogen) atoms. The van der Waals surface area contributed by atoms with Gasteiger partial charge in [-0.3, -0.25) is 0 Å². The van der Waals surface area contributed by atoms with Gasteiger partial charge in [0.2, 0.25) is 0 Å². The molecule has 0 aliphatic heterocycles. The monoisotopic (exact) mass is 299 g/mol. The number of anilines is 1. The van der Waals surface area contributed by atoms with Crippen LogP contribution in [0.3, 0.4) is 0 Å². The Balaban J connectivity index is 3.22. The number of nitrogen functional groups attached to an aromatic ring is 1. The van der Waals surface area contributed by atoms with E-state index in [-0.39, 0.29) is 23.1 Å². The van der Waals surface area contributed by atoms with Gasteiger partial charge in [-0.15, -0.1) is 0 Å². The Labute approximate surface area is 120 Å². The molecule has 0 saturated carbocycles. The summed E-state index contributed by atoms with van der Waals surface area (Å²) < 4.78 is 29.1. The van der Waals surface area contributed by atoms with Gasteiger partial charge in [0.05, 0.1) is 22.7 Å². The predicted molar refractivity (Wildman–Crippen MR) is 79.2 cm³/mol. The number of hydrogen-bond donors (Lipinski definition) is 1. The third-order valence-electron chi connectivity index (χ3n) is 2.80. The summed E-state index contributed by atoms with van der Waals surface area (Å²) in [5, 5.41) is -0.516. The maximum Gasteiger partial charge on any atom is 0.340 e. The van der Waals surface area contributed by atoms with E-state index in [1.807, 2.05) is 0 Å². The number of benzene rings is 1. The van der Waals surface area contributed by atoms with Gasteiger partial charge in [0.1, 0.15) is 0 Å². The Bertz CT molecular complexity index is 591. The normalized spacial score (nSPS) is 11.9. The number of nitrogens with two attached hydrogens (primary N) is 1. The summed E-state index contributed by atoms with van der Waals surface area (Å²) in [6.45, 7) is 6.66. The summed E-state index contributed by atoms with van der Waals surface area (Å²) in [7, 11) is -3.32. The molecule has 0 aliphatic rings. The zero-order valence-electron chi connectivity index (χ0n) is 12.2. The van der Waals surface area contributed by atoms with E-state index in [0.29, 0.717) is 5.56 Å². The number of carbonyl (C=O) groups is 1. The summed E-state index contributed by atoms with van der Waals surface area (Å²) in [5.74, 6) is -0.815. The van der Waals surface area contributed by atoms with E-state index in [1.165, 1.54) is 0 Å². The molecule has 0 radical (unpaired) electrons. The zero-order valence-corrected chi connectivity index (χ0v) is 13.0. The van der Waals surface area contributed by atoms with Gasteiger partial charge in [0.15, 0.2) is 9.84 Å². The van der Waals surface area contributed by atoms with Crippen LogP contribution in [0, 0.1) is 0 Å². The first-order valence-corrected chi connectivity index (χ1v) is 8.16. The van der Waals surface area contributed by atoms with Crippen molar-refractivity contribution in [3.63, 3.8) is 0 Å². The average molecular weight is 299 g/mol. The van der Waals surface area contributed by atoms with Gasteiger partial charge in [-0.1, -0.05) is 12.1 Å². The molecule has 0 saturated heterocycles. The summed E-state index contributed by atoms with van der Waals surface area (Å²) in [4.78, 5) is 12.1. The molecule has 0 fully saturated rings. The molecule has 0 spiro atoms. The van der Waals surface area contributed by atoms with Crippen LogP contribution in [0.25, 0.3) is 0 Å². The quantitative estimate of drug-likeness (QED) is 0.665. The Morgan fingerprint density at radius 2 is 1.85 bits per heavy atom. The first-order chi connectivity index (χ1) is 9.15. The summed E-state index contributed by atoms with van der Waals surface area (Å²) in [6, 6.07) is 4.78. The topological polar surface area (TPSA) is 86.5 Å². The molecule has 0 heterocycles. The fourth-order valence-electron chi connectivity index (χ4n) is 1.65. The van der Waals surface area contributed by atoms with Gasteiger partial charge in [0.25, 0.3) is 0 Å². The van der Waals surface area contributed by atoms with Crippen LogP contribution in [0.2, 0.25) is 0 Å². The molecule has 0 amide bonds. The molecule has 1 rings (SSSR count). The lowest BCUT2D eigenvalue weighted by Gasteiger charge is -2.15. The minimum atomic E-state index is -3.32. The maximum atomic E-state index is 12.1. The molecule has 0 aliphatic carbocycles. The van der Waals surface area contributed by atoms with Crippen LogP contribution in [-0.4, -0.2) is 25.7 Å². The van der Waals surface area contributed by atoms with Gasteiger partial charge in [-0.25, -0.2) is 13.2 Å². The van der Waals surface area contributed by atoms with Crippen LogP contribution in [0.4, 0.5) is 5.69 Å². The first kappa shape index (κ1) is 16.5. The highest BCUT2D eigenvalue weighted by molar-refractivity contribution is 7.91. The largest absolute Gasteiger partial charge is 0.459 e. The Hall–Kier alpha value is -1.56. The molecule has 5 nitrogen and oxygen atoms in total. The van der Waals surface area contributed by atoms with Crippen molar-refractivity contribution in [1.82, 2.24) is 0 Å². The van der Waals surface area contributed by atoms with E-state index in [2.05, 4.69) is 0 Å². The van der Waals surface area contributed by atoms with Crippen LogP contribution in [0.5, 0.6) is 0 Å². The zero-order chi connectivity index (χ0) is 15.5. The maximum absolute atomic E-state index is 12.1. The van der Waals surface area contributed by atoms with Crippen molar-refractivity contribution in [2.75, 3.05) is 5.73 Å². The number of hydrogen-bond acceptors (Lipinski definition) is 5. The van der Waals surface area contributed by atoms with Crippen LogP contribution < -0.4 is 5.73 Å². The van der Waals surface area contributed by atoms with Crippen molar-refractivity contribution in [3.8, 4) is 0 Å². The molecule has 112 valence electrons. The lowest BCUT2D eigenvalue weighted by molar-refractivity contribution is 0.0378. The van der Waals surface area contributed by atoms with Gasteiger partial charge in [-0.05, 0) is 39.3 Å². The fraction of sp³-hybridized carbons (Fsp3) is 0.500. The number of esters is 1. The van der Waals surface area contributed by atoms with Crippen LogP contribution >= 0.6 is 0 Å². The lowest BCUT2D eigenvalue weighted by atomic mass is 10.1. The molecule has 1 aromatic rings. The van der Waals surface area contributed by atoms with Crippen LogP contribution in [-0.2, 0) is 20.3 Å². The Kier molecular flexibility index (Phi) is 5.16. The molecule has 0 aromatic heterocycles. The number of ether oxygens (including phenoxy) is 1. The Morgan fingerprint density at radius 1 is 1.25 bits per heavy atom. The molecule has 1 aromatic carbocycles. The number of carbonyl (C=O) groups excluding carboxylic acids is 1. The number of sulfone groups is 1. The van der Waals surface area contributed by atoms with Crippen molar-refractivity contribution >= 4 is 21.5 Å². The van der Waals surface area contributed by atoms with E-state index in [1.54, 1.807) is 45.9 Å². The SMILES string of the molecule is CC(C)OC(=O)c1c(N)cccc1CS(=O)(=O)C(C)C. The standard InChI is InChI=1S/C14H21NO4S/c1-9(2)19-14(16)13-11(6-5-7-12(13)15)8-20(17,18)10(3)4/h5-7,9-10H,8,15H2,1-4H3. The molecular formula is C14H21NO4S. The van der Waals surface area contributed by atoms with Gasteiger partial charge >= 0.3 is 5.97 Å². The molecule has 0 bridgehead atoms. The molecule has 0 atom stereocenters. The minimum Gasteiger partial charge on any atom is -0.459 e. The first-order valence-electron chi connectivity index (χ1n) is 6.45. The fourth-order valence-corrected chi connectivity index (χ4v) is 2.65. The predicted octanol–water partition coefficient (Wildman–Crippen LogP) is 2.16. The van der Waals surface area contributed by atoms with E-state index in [4.69, 9.17) is 10.5 Å². The third-order valence-corrected chi connectivity index (χ3v) is 4.95. The van der Waals surface area contributed by atoms with Crippen molar-refractivity contribution in [2.45, 2.75) is 44.8 Å².